The van der Waals surface area contributed by atoms with E-state index in [0.29, 0.717) is 0 Å². The zero-order valence-corrected chi connectivity index (χ0v) is 30.6. The molecule has 0 aliphatic heterocycles. The fourth-order valence-electron chi connectivity index (χ4n) is 6.51. The summed E-state index contributed by atoms with van der Waals surface area (Å²) in [5, 5.41) is 0. The van der Waals surface area contributed by atoms with Gasteiger partial charge in [0.1, 0.15) is 11.5 Å². The van der Waals surface area contributed by atoms with E-state index in [0.717, 1.165) is 11.5 Å². The Hall–Kier alpha value is -4.87. The van der Waals surface area contributed by atoms with E-state index in [9.17, 15) is 0 Å². The summed E-state index contributed by atoms with van der Waals surface area (Å²) in [5.74, 6) is 1.75. The predicted molar refractivity (Wildman–Crippen MR) is 205 cm³/mol. The average molecular weight is 702 g/mol. The molecule has 48 heavy (non-hydrogen) atoms. The fraction of sp³-hybridized carbons (Fsp3) is 0.0455. The van der Waals surface area contributed by atoms with Gasteiger partial charge < -0.3 is 9.47 Å². The number of methoxy groups -OCH3 is 2. The van der Waals surface area contributed by atoms with Crippen LogP contribution in [0.1, 0.15) is 0 Å². The number of ether oxygens (including phenoxy) is 2. The van der Waals surface area contributed by atoms with Crippen molar-refractivity contribution in [2.45, 2.75) is 14.7 Å². The molecule has 7 aromatic carbocycles. The molecule has 0 spiro atoms. The summed E-state index contributed by atoms with van der Waals surface area (Å²) in [7, 11) is 3.23. The summed E-state index contributed by atoms with van der Waals surface area (Å²) in [6.45, 7) is 0. The van der Waals surface area contributed by atoms with Crippen LogP contribution in [0.2, 0.25) is 0 Å². The molecule has 0 amide bonds. The second-order valence-electron chi connectivity index (χ2n) is 11.5. The van der Waals surface area contributed by atoms with E-state index in [1.165, 1.54) is 31.2 Å². The van der Waals surface area contributed by atoms with Crippen molar-refractivity contribution in [2.75, 3.05) is 14.2 Å². The summed E-state index contributed by atoms with van der Waals surface area (Å²) >= 11 is -3.21. The van der Waals surface area contributed by atoms with Gasteiger partial charge in [-0.2, -0.15) is 0 Å². The molecule has 7 rings (SSSR count). The van der Waals surface area contributed by atoms with E-state index in [1.54, 1.807) is 14.2 Å². The maximum absolute atomic E-state index is 5.28. The summed E-state index contributed by atoms with van der Waals surface area (Å²) in [4.78, 5) is 3.83. The first-order chi connectivity index (χ1) is 23.7. The van der Waals surface area contributed by atoms with Crippen LogP contribution < -0.4 is 25.9 Å². The van der Waals surface area contributed by atoms with Crippen LogP contribution in [0.3, 0.4) is 0 Å². The van der Waals surface area contributed by atoms with Gasteiger partial charge >= 0.3 is 153 Å². The molecule has 0 saturated carbocycles. The standard InChI is InChI=1S/C20H19O2S.4C6H5.Ga/c1-21-16-8-12-19(13-9-16)23(18-6-4-3-5-7-18)20-14-10-17(22-2)11-15-20;4*1-2-4-6-5-3-1;/h3-15H,1-2H3;4*1-5H;/q+1;;;;;-1. The van der Waals surface area contributed by atoms with Crippen molar-refractivity contribution in [3.05, 3.63) is 200 Å². The molecule has 0 heterocycles. The molecule has 4 heteroatoms. The number of benzene rings is 7. The van der Waals surface area contributed by atoms with Gasteiger partial charge in [-0.05, 0) is 60.7 Å². The first-order valence-electron chi connectivity index (χ1n) is 16.2. The van der Waals surface area contributed by atoms with Crippen molar-refractivity contribution >= 4 is 42.4 Å². The second kappa shape index (κ2) is 16.3. The molecule has 0 bridgehead atoms. The van der Waals surface area contributed by atoms with Crippen molar-refractivity contribution < 1.29 is 9.47 Å². The predicted octanol–water partition coefficient (Wildman–Crippen LogP) is 7.86. The van der Waals surface area contributed by atoms with Crippen LogP contribution in [0, 0.1) is 0 Å². The molecule has 0 aromatic heterocycles. The van der Waals surface area contributed by atoms with Crippen LogP contribution in [-0.4, -0.2) is 29.2 Å². The van der Waals surface area contributed by atoms with Crippen molar-refractivity contribution in [1.82, 2.24) is 0 Å². The van der Waals surface area contributed by atoms with Crippen molar-refractivity contribution in [2.24, 2.45) is 0 Å². The Balaban J connectivity index is 0.000000168. The van der Waals surface area contributed by atoms with Gasteiger partial charge in [0, 0.05) is 0 Å². The second-order valence-corrected chi connectivity index (χ2v) is 22.7. The SMILES string of the molecule is COc1ccc([S+](c2ccccc2)c2ccc(OC)cc2)cc1.c1cc[c]([Ga-]([c]2ccccc2)([c]2ccccc2)[c]2ccccc2)cc1. The molecule has 7 aromatic rings. The van der Waals surface area contributed by atoms with Crippen LogP contribution in [0.4, 0.5) is 0 Å². The Morgan fingerprint density at radius 3 is 0.833 bits per heavy atom. The van der Waals surface area contributed by atoms with E-state index in [-0.39, 0.29) is 10.9 Å². The van der Waals surface area contributed by atoms with Crippen molar-refractivity contribution in [3.63, 3.8) is 0 Å². The molecule has 0 saturated heterocycles. The minimum absolute atomic E-state index is 0.146. The van der Waals surface area contributed by atoms with Gasteiger partial charge in [-0.3, -0.25) is 0 Å². The topological polar surface area (TPSA) is 18.5 Å². The van der Waals surface area contributed by atoms with E-state index in [1.807, 2.05) is 30.3 Å². The fourth-order valence-corrected chi connectivity index (χ4v) is 20.1. The molecular formula is C44H39GaO2S. The van der Waals surface area contributed by atoms with Crippen molar-refractivity contribution in [3.8, 4) is 11.5 Å². The van der Waals surface area contributed by atoms with E-state index in [4.69, 9.17) is 9.47 Å². The van der Waals surface area contributed by atoms with Crippen LogP contribution >= 0.6 is 0 Å². The van der Waals surface area contributed by atoms with Gasteiger partial charge in [-0.1, -0.05) is 18.2 Å². The molecule has 0 radical (unpaired) electrons. The Labute approximate surface area is 290 Å². The number of hydrogen-bond acceptors (Lipinski definition) is 2. The first-order valence-corrected chi connectivity index (χ1v) is 22.3. The van der Waals surface area contributed by atoms with Gasteiger partial charge in [-0.25, -0.2) is 0 Å². The molecular weight excluding hydrogens is 662 g/mol. The summed E-state index contributed by atoms with van der Waals surface area (Å²) < 4.78 is 16.5. The quantitative estimate of drug-likeness (QED) is 0.113. The summed E-state index contributed by atoms with van der Waals surface area (Å²) in [5.41, 5.74) is 0. The third kappa shape index (κ3) is 7.32. The average Bonchev–Trinajstić information content (AvgIpc) is 3.18. The van der Waals surface area contributed by atoms with Crippen LogP contribution in [-0.2, 0) is 10.9 Å². The van der Waals surface area contributed by atoms with Gasteiger partial charge in [0.2, 0.25) is 0 Å². The summed E-state index contributed by atoms with van der Waals surface area (Å²) in [6, 6.07) is 71.6. The maximum atomic E-state index is 5.28. The monoisotopic (exact) mass is 700 g/mol. The Kier molecular flexibility index (Phi) is 11.2. The summed E-state index contributed by atoms with van der Waals surface area (Å²) in [6.07, 6.45) is 0. The zero-order valence-electron chi connectivity index (χ0n) is 27.4. The minimum atomic E-state index is -3.21. The molecule has 0 unspecified atom stereocenters. The molecule has 0 N–H and O–H groups in total. The molecule has 0 aliphatic rings. The molecule has 2 nitrogen and oxygen atoms in total. The molecule has 0 atom stereocenters. The van der Waals surface area contributed by atoms with E-state index < -0.39 is 15.0 Å². The molecule has 0 aliphatic carbocycles. The third-order valence-corrected chi connectivity index (χ3v) is 22.6. The molecule has 0 fully saturated rings. The van der Waals surface area contributed by atoms with Gasteiger partial charge in [0.25, 0.3) is 0 Å². The molecule has 236 valence electrons. The number of rotatable bonds is 9. The van der Waals surface area contributed by atoms with E-state index >= 15 is 0 Å². The van der Waals surface area contributed by atoms with Crippen LogP contribution in [0.25, 0.3) is 0 Å². The first kappa shape index (κ1) is 33.0. The van der Waals surface area contributed by atoms with Crippen molar-refractivity contribution in [1.29, 1.82) is 0 Å². The van der Waals surface area contributed by atoms with E-state index in [2.05, 4.69) is 170 Å². The Bertz CT molecular complexity index is 1740. The Morgan fingerprint density at radius 2 is 0.562 bits per heavy atom. The normalized spacial score (nSPS) is 10.9. The van der Waals surface area contributed by atoms with Crippen LogP contribution in [0.15, 0.2) is 215 Å². The van der Waals surface area contributed by atoms with Gasteiger partial charge in [0.05, 0.1) is 25.1 Å². The zero-order chi connectivity index (χ0) is 33.0. The number of hydrogen-bond donors (Lipinski definition) is 0. The third-order valence-electron chi connectivity index (χ3n) is 8.77. The Morgan fingerprint density at radius 1 is 0.312 bits per heavy atom. The van der Waals surface area contributed by atoms with Gasteiger partial charge in [0.15, 0.2) is 14.7 Å². The van der Waals surface area contributed by atoms with Gasteiger partial charge in [-0.15, -0.1) is 0 Å². The van der Waals surface area contributed by atoms with Crippen LogP contribution in [0.5, 0.6) is 11.5 Å².